The maximum Gasteiger partial charge on any atom is 0.344 e. The number of carbonyl (C=O) groups is 2. The van der Waals surface area contributed by atoms with Crippen molar-refractivity contribution in [2.24, 2.45) is 0 Å². The van der Waals surface area contributed by atoms with Gasteiger partial charge in [-0.25, -0.2) is 4.79 Å². The summed E-state index contributed by atoms with van der Waals surface area (Å²) in [6.45, 7) is -0.949. The van der Waals surface area contributed by atoms with E-state index < -0.39 is 25.1 Å². The van der Waals surface area contributed by atoms with E-state index in [-0.39, 0.29) is 15.8 Å². The minimum absolute atomic E-state index is 0.251. The van der Waals surface area contributed by atoms with Crippen LogP contribution in [0, 0.1) is 0 Å². The van der Waals surface area contributed by atoms with E-state index in [2.05, 4.69) is 5.32 Å². The van der Waals surface area contributed by atoms with Gasteiger partial charge in [-0.2, -0.15) is 0 Å². The van der Waals surface area contributed by atoms with Gasteiger partial charge in [0.25, 0.3) is 5.91 Å². The van der Waals surface area contributed by atoms with Crippen molar-refractivity contribution in [2.45, 2.75) is 0 Å². The Balaban J connectivity index is 1.86. The second kappa shape index (κ2) is 10.3. The van der Waals surface area contributed by atoms with Crippen LogP contribution in [0.3, 0.4) is 0 Å². The number of amides is 1. The van der Waals surface area contributed by atoms with Gasteiger partial charge >= 0.3 is 5.97 Å². The van der Waals surface area contributed by atoms with E-state index >= 15 is 0 Å². The van der Waals surface area contributed by atoms with E-state index in [9.17, 15) is 9.59 Å². The van der Waals surface area contributed by atoms with Gasteiger partial charge in [0.1, 0.15) is 17.2 Å². The molecule has 2 aromatic rings. The molecule has 2 rings (SSSR count). The Morgan fingerprint density at radius 1 is 0.893 bits per heavy atom. The average Bonchev–Trinajstić information content (AvgIpc) is 2.66. The second-order valence-corrected chi connectivity index (χ2v) is 6.51. The normalized spacial score (nSPS) is 10.2. The number of methoxy groups -OCH3 is 2. The van der Waals surface area contributed by atoms with Gasteiger partial charge < -0.3 is 24.3 Å². The second-order valence-electron chi connectivity index (χ2n) is 5.26. The first kappa shape index (κ1) is 21.9. The lowest BCUT2D eigenvalue weighted by Gasteiger charge is -2.13. The predicted octanol–water partition coefficient (Wildman–Crippen LogP) is 4.22. The van der Waals surface area contributed by atoms with Crippen LogP contribution in [0.1, 0.15) is 0 Å². The topological polar surface area (TPSA) is 83.1 Å². The Labute approximate surface area is 176 Å². The van der Waals surface area contributed by atoms with E-state index in [1.54, 1.807) is 6.07 Å². The average molecular weight is 449 g/mol. The minimum Gasteiger partial charge on any atom is -0.495 e. The molecule has 0 atom stereocenters. The molecule has 0 radical (unpaired) electrons. The number of rotatable bonds is 8. The Bertz CT molecular complexity index is 875. The quantitative estimate of drug-likeness (QED) is 0.609. The summed E-state index contributed by atoms with van der Waals surface area (Å²) >= 11 is 17.8. The van der Waals surface area contributed by atoms with Crippen molar-refractivity contribution in [1.82, 2.24) is 0 Å². The van der Waals surface area contributed by atoms with Crippen LogP contribution in [0.15, 0.2) is 30.3 Å². The summed E-state index contributed by atoms with van der Waals surface area (Å²) in [5, 5.41) is 3.51. The maximum absolute atomic E-state index is 12.0. The third kappa shape index (κ3) is 6.09. The number of benzene rings is 2. The lowest BCUT2D eigenvalue weighted by molar-refractivity contribution is -0.149. The highest BCUT2D eigenvalue weighted by Gasteiger charge is 2.14. The first-order chi connectivity index (χ1) is 13.3. The third-order valence-corrected chi connectivity index (χ3v) is 4.18. The SMILES string of the molecule is COc1cc(OC)c(NC(=O)COC(=O)COc2ccc(Cl)cc2Cl)cc1Cl. The molecule has 28 heavy (non-hydrogen) atoms. The zero-order chi connectivity index (χ0) is 20.7. The van der Waals surface area contributed by atoms with Crippen LogP contribution in [-0.4, -0.2) is 39.3 Å². The zero-order valence-electron chi connectivity index (χ0n) is 14.9. The predicted molar refractivity (Wildman–Crippen MR) is 106 cm³/mol. The number of halogens is 3. The van der Waals surface area contributed by atoms with Crippen molar-refractivity contribution in [1.29, 1.82) is 0 Å². The van der Waals surface area contributed by atoms with E-state index in [1.807, 2.05) is 0 Å². The summed E-state index contributed by atoms with van der Waals surface area (Å²) in [6.07, 6.45) is 0. The van der Waals surface area contributed by atoms with Gasteiger partial charge in [-0.1, -0.05) is 34.8 Å². The van der Waals surface area contributed by atoms with Crippen LogP contribution in [0.2, 0.25) is 15.1 Å². The van der Waals surface area contributed by atoms with Crippen LogP contribution >= 0.6 is 34.8 Å². The summed E-state index contributed by atoms with van der Waals surface area (Å²) in [4.78, 5) is 23.8. The van der Waals surface area contributed by atoms with Gasteiger partial charge in [0.15, 0.2) is 13.2 Å². The number of anilines is 1. The fourth-order valence-corrected chi connectivity index (χ4v) is 2.76. The Hall–Kier alpha value is -2.35. The standard InChI is InChI=1S/C18H16Cl3NO6/c1-25-15-7-16(26-2)13(6-12(15)21)22-17(23)8-28-18(24)9-27-14-4-3-10(19)5-11(14)20/h3-7H,8-9H2,1-2H3,(H,22,23). The maximum atomic E-state index is 12.0. The molecule has 0 aromatic heterocycles. The molecule has 0 unspecified atom stereocenters. The van der Waals surface area contributed by atoms with Crippen LogP contribution < -0.4 is 19.5 Å². The fourth-order valence-electron chi connectivity index (χ4n) is 2.06. The number of ether oxygens (including phenoxy) is 4. The van der Waals surface area contributed by atoms with Crippen LogP contribution in [-0.2, 0) is 14.3 Å². The lowest BCUT2D eigenvalue weighted by atomic mass is 10.2. The minimum atomic E-state index is -0.749. The Kier molecular flexibility index (Phi) is 8.04. The van der Waals surface area contributed by atoms with Crippen molar-refractivity contribution in [3.05, 3.63) is 45.4 Å². The number of nitrogens with one attached hydrogen (secondary N) is 1. The molecule has 0 aliphatic heterocycles. The highest BCUT2D eigenvalue weighted by atomic mass is 35.5. The molecular formula is C18H16Cl3NO6. The van der Waals surface area contributed by atoms with Crippen molar-refractivity contribution in [3.63, 3.8) is 0 Å². The smallest absolute Gasteiger partial charge is 0.344 e. The molecule has 1 N–H and O–H groups in total. The molecule has 0 saturated heterocycles. The number of hydrogen-bond donors (Lipinski definition) is 1. The molecule has 2 aromatic carbocycles. The molecule has 0 spiro atoms. The van der Waals surface area contributed by atoms with E-state index in [1.165, 1.54) is 38.5 Å². The van der Waals surface area contributed by atoms with Gasteiger partial charge in [0.05, 0.1) is 30.0 Å². The molecule has 150 valence electrons. The van der Waals surface area contributed by atoms with Gasteiger partial charge in [0, 0.05) is 11.1 Å². The van der Waals surface area contributed by atoms with Gasteiger partial charge in [0.2, 0.25) is 0 Å². The van der Waals surface area contributed by atoms with E-state index in [0.717, 1.165) is 0 Å². The van der Waals surface area contributed by atoms with E-state index in [0.29, 0.717) is 22.2 Å². The van der Waals surface area contributed by atoms with Crippen LogP contribution in [0.25, 0.3) is 0 Å². The monoisotopic (exact) mass is 447 g/mol. The molecule has 0 aliphatic rings. The highest BCUT2D eigenvalue weighted by Crippen LogP contribution is 2.35. The molecular weight excluding hydrogens is 433 g/mol. The zero-order valence-corrected chi connectivity index (χ0v) is 17.2. The molecule has 0 saturated carbocycles. The molecule has 0 bridgehead atoms. The summed E-state index contributed by atoms with van der Waals surface area (Å²) in [7, 11) is 2.88. The number of carbonyl (C=O) groups excluding carboxylic acids is 2. The summed E-state index contributed by atoms with van der Waals surface area (Å²) in [6, 6.07) is 7.54. The molecule has 0 heterocycles. The summed E-state index contributed by atoms with van der Waals surface area (Å²) in [5.41, 5.74) is 0.304. The van der Waals surface area contributed by atoms with Crippen LogP contribution in [0.5, 0.6) is 17.2 Å². The van der Waals surface area contributed by atoms with Crippen molar-refractivity contribution >= 4 is 52.4 Å². The first-order valence-electron chi connectivity index (χ1n) is 7.79. The molecule has 7 nitrogen and oxygen atoms in total. The lowest BCUT2D eigenvalue weighted by Crippen LogP contribution is -2.24. The summed E-state index contributed by atoms with van der Waals surface area (Å²) in [5.74, 6) is -0.342. The fraction of sp³-hybridized carbons (Fsp3) is 0.222. The van der Waals surface area contributed by atoms with Gasteiger partial charge in [-0.15, -0.1) is 0 Å². The van der Waals surface area contributed by atoms with Crippen LogP contribution in [0.4, 0.5) is 5.69 Å². The largest absolute Gasteiger partial charge is 0.495 e. The highest BCUT2D eigenvalue weighted by molar-refractivity contribution is 6.35. The molecule has 0 fully saturated rings. The molecule has 1 amide bonds. The van der Waals surface area contributed by atoms with Crippen molar-refractivity contribution in [3.8, 4) is 17.2 Å². The number of esters is 1. The first-order valence-corrected chi connectivity index (χ1v) is 8.92. The Morgan fingerprint density at radius 3 is 2.21 bits per heavy atom. The van der Waals surface area contributed by atoms with E-state index in [4.69, 9.17) is 53.8 Å². The van der Waals surface area contributed by atoms with Crippen molar-refractivity contribution < 1.29 is 28.5 Å². The molecule has 0 aliphatic carbocycles. The third-order valence-electron chi connectivity index (χ3n) is 3.35. The van der Waals surface area contributed by atoms with Gasteiger partial charge in [-0.3, -0.25) is 4.79 Å². The number of hydrogen-bond acceptors (Lipinski definition) is 6. The summed E-state index contributed by atoms with van der Waals surface area (Å²) < 4.78 is 20.4. The van der Waals surface area contributed by atoms with Gasteiger partial charge in [-0.05, 0) is 24.3 Å². The van der Waals surface area contributed by atoms with Crippen molar-refractivity contribution in [2.75, 3.05) is 32.8 Å². The Morgan fingerprint density at radius 2 is 1.57 bits per heavy atom. The molecule has 10 heteroatoms.